The van der Waals surface area contributed by atoms with Crippen LogP contribution in [0.15, 0.2) is 18.2 Å². The fourth-order valence-corrected chi connectivity index (χ4v) is 2.46. The number of hydrogen-bond donors (Lipinski definition) is 1. The Morgan fingerprint density at radius 1 is 1.42 bits per heavy atom. The predicted octanol–water partition coefficient (Wildman–Crippen LogP) is 2.05. The number of halogens is 1. The molecule has 0 bridgehead atoms. The smallest absolute Gasteiger partial charge is 0.150 e. The zero-order chi connectivity index (χ0) is 14.5. The van der Waals surface area contributed by atoms with E-state index in [-0.39, 0.29) is 24.2 Å². The van der Waals surface area contributed by atoms with Crippen LogP contribution in [0.1, 0.15) is 31.9 Å². The van der Waals surface area contributed by atoms with Gasteiger partial charge in [0.25, 0.3) is 0 Å². The molecule has 1 aromatic carbocycles. The summed E-state index contributed by atoms with van der Waals surface area (Å²) >= 11 is 0. The van der Waals surface area contributed by atoms with Crippen LogP contribution in [-0.4, -0.2) is 26.5 Å². The lowest BCUT2D eigenvalue weighted by atomic mass is 10.1. The summed E-state index contributed by atoms with van der Waals surface area (Å²) in [5.74, 6) is 0.175. The largest absolute Gasteiger partial charge is 0.493 e. The van der Waals surface area contributed by atoms with Crippen LogP contribution >= 0.6 is 0 Å². The molecule has 1 atom stereocenters. The number of nitrogens with two attached hydrogens (primary N) is 1. The summed E-state index contributed by atoms with van der Waals surface area (Å²) < 4.78 is 41.2. The van der Waals surface area contributed by atoms with Crippen molar-refractivity contribution in [2.75, 3.05) is 18.1 Å². The second kappa shape index (κ2) is 6.86. The van der Waals surface area contributed by atoms with Crippen LogP contribution in [0, 0.1) is 5.82 Å². The van der Waals surface area contributed by atoms with E-state index in [2.05, 4.69) is 0 Å². The molecule has 0 saturated carbocycles. The van der Waals surface area contributed by atoms with Gasteiger partial charge in [0, 0.05) is 23.4 Å². The molecule has 4 nitrogen and oxygen atoms in total. The van der Waals surface area contributed by atoms with Crippen LogP contribution in [0.25, 0.3) is 0 Å². The molecular formula is C13H20FNO3S. The highest BCUT2D eigenvalue weighted by Gasteiger charge is 2.11. The van der Waals surface area contributed by atoms with E-state index in [4.69, 9.17) is 10.5 Å². The highest BCUT2D eigenvalue weighted by atomic mass is 32.2. The average molecular weight is 289 g/mol. The zero-order valence-corrected chi connectivity index (χ0v) is 12.0. The van der Waals surface area contributed by atoms with Crippen molar-refractivity contribution in [3.63, 3.8) is 0 Å². The summed E-state index contributed by atoms with van der Waals surface area (Å²) in [7, 11) is -2.99. The topological polar surface area (TPSA) is 69.4 Å². The Morgan fingerprint density at radius 3 is 2.68 bits per heavy atom. The van der Waals surface area contributed by atoms with Crippen molar-refractivity contribution in [2.24, 2.45) is 5.73 Å². The molecule has 0 aliphatic heterocycles. The molecular weight excluding hydrogens is 269 g/mol. The first-order valence-corrected chi connectivity index (χ1v) is 8.06. The Morgan fingerprint density at radius 2 is 2.11 bits per heavy atom. The minimum absolute atomic E-state index is 0.0757. The lowest BCUT2D eigenvalue weighted by molar-refractivity contribution is 0.311. The maximum absolute atomic E-state index is 13.1. The van der Waals surface area contributed by atoms with E-state index in [1.54, 1.807) is 19.9 Å². The number of hydrogen-bond acceptors (Lipinski definition) is 4. The minimum Gasteiger partial charge on any atom is -0.493 e. The Hall–Kier alpha value is -1.14. The van der Waals surface area contributed by atoms with Gasteiger partial charge in [-0.3, -0.25) is 0 Å². The molecule has 1 aromatic rings. The molecule has 1 rings (SSSR count). The van der Waals surface area contributed by atoms with Gasteiger partial charge in [0.05, 0.1) is 12.4 Å². The third-order valence-electron chi connectivity index (χ3n) is 2.76. The normalized spacial score (nSPS) is 13.3. The van der Waals surface area contributed by atoms with E-state index in [1.807, 2.05) is 0 Å². The molecule has 0 aromatic heterocycles. The van der Waals surface area contributed by atoms with Crippen molar-refractivity contribution < 1.29 is 17.5 Å². The van der Waals surface area contributed by atoms with Crippen molar-refractivity contribution in [3.8, 4) is 5.75 Å². The molecule has 0 heterocycles. The fraction of sp³-hybridized carbons (Fsp3) is 0.538. The third-order valence-corrected chi connectivity index (χ3v) is 4.55. The van der Waals surface area contributed by atoms with Crippen LogP contribution < -0.4 is 10.5 Å². The van der Waals surface area contributed by atoms with Gasteiger partial charge < -0.3 is 10.5 Å². The molecule has 0 amide bonds. The maximum atomic E-state index is 13.1. The Kier molecular flexibility index (Phi) is 5.75. The maximum Gasteiger partial charge on any atom is 0.150 e. The first-order chi connectivity index (χ1) is 8.85. The summed E-state index contributed by atoms with van der Waals surface area (Å²) in [5, 5.41) is 0. The SMILES string of the molecule is CCS(=O)(=O)CCCOc1cc(F)ccc1[C@H](C)N. The van der Waals surface area contributed by atoms with E-state index in [0.717, 1.165) is 0 Å². The first-order valence-electron chi connectivity index (χ1n) is 6.24. The van der Waals surface area contributed by atoms with Crippen LogP contribution in [-0.2, 0) is 9.84 Å². The number of benzene rings is 1. The van der Waals surface area contributed by atoms with Gasteiger partial charge in [-0.2, -0.15) is 0 Å². The van der Waals surface area contributed by atoms with Crippen molar-refractivity contribution in [3.05, 3.63) is 29.6 Å². The monoisotopic (exact) mass is 289 g/mol. The Bertz CT molecular complexity index is 515. The fourth-order valence-electron chi connectivity index (χ4n) is 1.61. The summed E-state index contributed by atoms with van der Waals surface area (Å²) in [6, 6.07) is 3.91. The summed E-state index contributed by atoms with van der Waals surface area (Å²) in [6.07, 6.45) is 0.380. The van der Waals surface area contributed by atoms with Crippen LogP contribution in [0.2, 0.25) is 0 Å². The molecule has 0 aliphatic carbocycles. The molecule has 0 saturated heterocycles. The van der Waals surface area contributed by atoms with E-state index in [9.17, 15) is 12.8 Å². The third kappa shape index (κ3) is 5.16. The van der Waals surface area contributed by atoms with Gasteiger partial charge in [-0.15, -0.1) is 0 Å². The molecule has 0 radical (unpaired) electrons. The summed E-state index contributed by atoms with van der Waals surface area (Å²) in [6.45, 7) is 3.61. The van der Waals surface area contributed by atoms with Gasteiger partial charge >= 0.3 is 0 Å². The van der Waals surface area contributed by atoms with Gasteiger partial charge in [-0.1, -0.05) is 13.0 Å². The number of ether oxygens (including phenoxy) is 1. The van der Waals surface area contributed by atoms with Crippen LogP contribution in [0.3, 0.4) is 0 Å². The molecule has 0 aliphatic rings. The highest BCUT2D eigenvalue weighted by Crippen LogP contribution is 2.24. The Balaban J connectivity index is 2.60. The van der Waals surface area contributed by atoms with Gasteiger partial charge in [-0.25, -0.2) is 12.8 Å². The minimum atomic E-state index is -2.99. The molecule has 0 unspecified atom stereocenters. The van der Waals surface area contributed by atoms with Gasteiger partial charge in [0.1, 0.15) is 21.4 Å². The first kappa shape index (κ1) is 15.9. The highest BCUT2D eigenvalue weighted by molar-refractivity contribution is 7.91. The lowest BCUT2D eigenvalue weighted by Crippen LogP contribution is -2.13. The molecule has 19 heavy (non-hydrogen) atoms. The standard InChI is InChI=1S/C13H20FNO3S/c1-3-19(16,17)8-4-7-18-13-9-11(14)5-6-12(13)10(2)15/h5-6,9-10H,3-4,7-8,15H2,1-2H3/t10-/m0/s1. The predicted molar refractivity (Wildman–Crippen MR) is 73.4 cm³/mol. The average Bonchev–Trinajstić information content (AvgIpc) is 2.34. The second-order valence-electron chi connectivity index (χ2n) is 4.41. The second-order valence-corrected chi connectivity index (χ2v) is 6.88. The van der Waals surface area contributed by atoms with Crippen molar-refractivity contribution in [1.29, 1.82) is 0 Å². The summed E-state index contributed by atoms with van der Waals surface area (Å²) in [5.41, 5.74) is 6.47. The van der Waals surface area contributed by atoms with Gasteiger partial charge in [-0.05, 0) is 19.4 Å². The Labute approximate surface area is 113 Å². The molecule has 2 N–H and O–H groups in total. The van der Waals surface area contributed by atoms with E-state index < -0.39 is 15.7 Å². The molecule has 6 heteroatoms. The molecule has 108 valence electrons. The summed E-state index contributed by atoms with van der Waals surface area (Å²) in [4.78, 5) is 0. The van der Waals surface area contributed by atoms with Crippen molar-refractivity contribution in [1.82, 2.24) is 0 Å². The zero-order valence-electron chi connectivity index (χ0n) is 11.2. The molecule has 0 spiro atoms. The van der Waals surface area contributed by atoms with Crippen LogP contribution in [0.4, 0.5) is 4.39 Å². The lowest BCUT2D eigenvalue weighted by Gasteiger charge is -2.14. The van der Waals surface area contributed by atoms with Crippen LogP contribution in [0.5, 0.6) is 5.75 Å². The van der Waals surface area contributed by atoms with E-state index in [1.165, 1.54) is 12.1 Å². The van der Waals surface area contributed by atoms with Crippen molar-refractivity contribution in [2.45, 2.75) is 26.3 Å². The number of sulfone groups is 1. The molecule has 0 fully saturated rings. The van der Waals surface area contributed by atoms with Gasteiger partial charge in [0.2, 0.25) is 0 Å². The number of rotatable bonds is 7. The van der Waals surface area contributed by atoms with E-state index in [0.29, 0.717) is 17.7 Å². The van der Waals surface area contributed by atoms with E-state index >= 15 is 0 Å². The van der Waals surface area contributed by atoms with Crippen molar-refractivity contribution >= 4 is 9.84 Å². The quantitative estimate of drug-likeness (QED) is 0.780. The van der Waals surface area contributed by atoms with Gasteiger partial charge in [0.15, 0.2) is 0 Å².